The number of carbonyl (C=O) groups is 1. The van der Waals surface area contributed by atoms with Crippen LogP contribution in [0.4, 0.5) is 18.9 Å². The van der Waals surface area contributed by atoms with E-state index < -0.39 is 12.1 Å². The molecule has 0 atom stereocenters. The number of alkyl halides is 3. The van der Waals surface area contributed by atoms with Crippen molar-refractivity contribution in [3.8, 4) is 11.5 Å². The van der Waals surface area contributed by atoms with Gasteiger partial charge in [-0.1, -0.05) is 0 Å². The third-order valence-corrected chi connectivity index (χ3v) is 2.07. The van der Waals surface area contributed by atoms with Crippen LogP contribution >= 0.6 is 0 Å². The largest absolute Gasteiger partial charge is 0.494 e. The summed E-state index contributed by atoms with van der Waals surface area (Å²) < 4.78 is 47.0. The number of rotatable bonds is 5. The summed E-state index contributed by atoms with van der Waals surface area (Å²) in [5, 5.41) is 1.77. The highest BCUT2D eigenvalue weighted by molar-refractivity contribution is 5.96. The zero-order chi connectivity index (χ0) is 14.5. The van der Waals surface area contributed by atoms with Crippen molar-refractivity contribution < 1.29 is 27.4 Å². The summed E-state index contributed by atoms with van der Waals surface area (Å²) in [7, 11) is 0. The van der Waals surface area contributed by atoms with Gasteiger partial charge in [-0.3, -0.25) is 4.79 Å². The number of hydrogen-bond acceptors (Lipinski definition) is 3. The fraction of sp³-hybridized carbons (Fsp3) is 0.417. The van der Waals surface area contributed by atoms with Crippen molar-refractivity contribution in [2.45, 2.75) is 20.0 Å². The Hall–Kier alpha value is -1.92. The first kappa shape index (κ1) is 15.1. The number of benzene rings is 1. The number of carbonyl (C=O) groups excluding carboxylic acids is 1. The molecule has 0 unspecified atom stereocenters. The first-order valence-corrected chi connectivity index (χ1v) is 5.66. The zero-order valence-electron chi connectivity index (χ0n) is 10.5. The molecule has 1 aromatic carbocycles. The molecule has 0 fully saturated rings. The van der Waals surface area contributed by atoms with E-state index in [0.29, 0.717) is 12.4 Å². The molecular formula is C12H14F3NO3. The van der Waals surface area contributed by atoms with Gasteiger partial charge in [0.25, 0.3) is 0 Å². The van der Waals surface area contributed by atoms with Crippen LogP contribution < -0.4 is 14.8 Å². The topological polar surface area (TPSA) is 47.6 Å². The Balaban J connectivity index is 3.00. The Morgan fingerprint density at radius 2 is 1.84 bits per heavy atom. The number of nitrogens with one attached hydrogen (secondary N) is 1. The molecule has 0 aromatic heterocycles. The number of amides is 1. The normalized spacial score (nSPS) is 11.0. The van der Waals surface area contributed by atoms with Gasteiger partial charge in [-0.25, -0.2) is 0 Å². The molecule has 4 nitrogen and oxygen atoms in total. The van der Waals surface area contributed by atoms with E-state index in [1.807, 2.05) is 0 Å². The minimum atomic E-state index is -4.95. The van der Waals surface area contributed by atoms with Gasteiger partial charge in [-0.15, -0.1) is 0 Å². The second kappa shape index (κ2) is 6.31. The van der Waals surface area contributed by atoms with E-state index >= 15 is 0 Å². The highest BCUT2D eigenvalue weighted by Crippen LogP contribution is 2.30. The van der Waals surface area contributed by atoms with E-state index in [1.165, 1.54) is 12.1 Å². The van der Waals surface area contributed by atoms with Crippen molar-refractivity contribution in [2.75, 3.05) is 18.5 Å². The molecule has 19 heavy (non-hydrogen) atoms. The van der Waals surface area contributed by atoms with Crippen molar-refractivity contribution in [1.29, 1.82) is 0 Å². The Morgan fingerprint density at radius 1 is 1.21 bits per heavy atom. The van der Waals surface area contributed by atoms with Crippen molar-refractivity contribution in [3.63, 3.8) is 0 Å². The van der Waals surface area contributed by atoms with Crippen molar-refractivity contribution >= 4 is 11.6 Å². The lowest BCUT2D eigenvalue weighted by Crippen LogP contribution is -2.30. The number of halogens is 3. The van der Waals surface area contributed by atoms with Gasteiger partial charge in [0.1, 0.15) is 11.5 Å². The second-order valence-corrected chi connectivity index (χ2v) is 3.48. The molecule has 0 heterocycles. The monoisotopic (exact) mass is 277 g/mol. The number of anilines is 1. The summed E-state index contributed by atoms with van der Waals surface area (Å²) in [6.07, 6.45) is -4.95. The summed E-state index contributed by atoms with van der Waals surface area (Å²) in [6.45, 7) is 4.06. The highest BCUT2D eigenvalue weighted by Gasteiger charge is 2.39. The lowest BCUT2D eigenvalue weighted by Gasteiger charge is -2.14. The summed E-state index contributed by atoms with van der Waals surface area (Å²) in [4.78, 5) is 10.9. The average molecular weight is 277 g/mol. The van der Waals surface area contributed by atoms with Crippen LogP contribution in [0.3, 0.4) is 0 Å². The van der Waals surface area contributed by atoms with Crippen LogP contribution in [0.1, 0.15) is 13.8 Å². The molecule has 0 aliphatic heterocycles. The van der Waals surface area contributed by atoms with E-state index in [4.69, 9.17) is 9.47 Å². The van der Waals surface area contributed by atoms with Crippen molar-refractivity contribution in [3.05, 3.63) is 18.2 Å². The van der Waals surface area contributed by atoms with Crippen LogP contribution in [0.2, 0.25) is 0 Å². The highest BCUT2D eigenvalue weighted by atomic mass is 19.4. The molecule has 106 valence electrons. The second-order valence-electron chi connectivity index (χ2n) is 3.48. The predicted molar refractivity (Wildman–Crippen MR) is 63.5 cm³/mol. The Kier molecular flexibility index (Phi) is 5.02. The van der Waals surface area contributed by atoms with E-state index in [0.717, 1.165) is 0 Å². The fourth-order valence-corrected chi connectivity index (χ4v) is 1.34. The van der Waals surface area contributed by atoms with Crippen LogP contribution in [0.15, 0.2) is 18.2 Å². The fourth-order valence-electron chi connectivity index (χ4n) is 1.34. The van der Waals surface area contributed by atoms with Crippen LogP contribution in [0.25, 0.3) is 0 Å². The zero-order valence-corrected chi connectivity index (χ0v) is 10.5. The maximum atomic E-state index is 12.2. The Morgan fingerprint density at radius 3 is 2.37 bits per heavy atom. The van der Waals surface area contributed by atoms with Gasteiger partial charge in [0.15, 0.2) is 0 Å². The van der Waals surface area contributed by atoms with Gasteiger partial charge in [-0.05, 0) is 26.0 Å². The maximum absolute atomic E-state index is 12.2. The molecule has 0 bridgehead atoms. The molecule has 0 saturated carbocycles. The Bertz CT molecular complexity index is 446. The van der Waals surface area contributed by atoms with Gasteiger partial charge in [-0.2, -0.15) is 13.2 Å². The number of hydrogen-bond donors (Lipinski definition) is 1. The molecule has 1 rings (SSSR count). The Labute approximate surface area is 108 Å². The molecule has 0 aliphatic rings. The predicted octanol–water partition coefficient (Wildman–Crippen LogP) is 2.98. The molecule has 7 heteroatoms. The molecule has 0 spiro atoms. The van der Waals surface area contributed by atoms with Gasteiger partial charge >= 0.3 is 12.1 Å². The van der Waals surface area contributed by atoms with E-state index in [1.54, 1.807) is 25.2 Å². The minimum absolute atomic E-state index is 0.0740. The van der Waals surface area contributed by atoms with E-state index in [-0.39, 0.29) is 18.0 Å². The first-order valence-electron chi connectivity index (χ1n) is 5.66. The molecule has 0 aliphatic carbocycles. The van der Waals surface area contributed by atoms with Gasteiger partial charge < -0.3 is 14.8 Å². The van der Waals surface area contributed by atoms with Crippen LogP contribution in [0, 0.1) is 0 Å². The van der Waals surface area contributed by atoms with Gasteiger partial charge in [0.05, 0.1) is 18.9 Å². The van der Waals surface area contributed by atoms with E-state index in [9.17, 15) is 18.0 Å². The van der Waals surface area contributed by atoms with Crippen LogP contribution in [-0.4, -0.2) is 25.3 Å². The summed E-state index contributed by atoms with van der Waals surface area (Å²) in [5.41, 5.74) is -0.0740. The third kappa shape index (κ3) is 4.35. The summed E-state index contributed by atoms with van der Waals surface area (Å²) >= 11 is 0. The molecule has 0 radical (unpaired) electrons. The molecular weight excluding hydrogens is 263 g/mol. The van der Waals surface area contributed by atoms with Crippen LogP contribution in [0.5, 0.6) is 11.5 Å². The maximum Gasteiger partial charge on any atom is 0.471 e. The van der Waals surface area contributed by atoms with Gasteiger partial charge in [0, 0.05) is 6.07 Å². The smallest absolute Gasteiger partial charge is 0.471 e. The summed E-state index contributed by atoms with van der Waals surface area (Å²) in [6, 6.07) is 4.29. The SMILES string of the molecule is CCOc1ccc(OCC)c(NC(=O)C(F)(F)F)c1. The van der Waals surface area contributed by atoms with E-state index in [2.05, 4.69) is 0 Å². The standard InChI is InChI=1S/C12H14F3NO3/c1-3-18-8-5-6-10(19-4-2)9(7-8)16-11(17)12(13,14)15/h5-7H,3-4H2,1-2H3,(H,16,17). The molecule has 1 aromatic rings. The summed E-state index contributed by atoms with van der Waals surface area (Å²) in [5.74, 6) is -1.55. The van der Waals surface area contributed by atoms with Crippen molar-refractivity contribution in [1.82, 2.24) is 0 Å². The molecule has 0 saturated heterocycles. The lowest BCUT2D eigenvalue weighted by atomic mass is 10.2. The average Bonchev–Trinajstić information content (AvgIpc) is 2.32. The van der Waals surface area contributed by atoms with Gasteiger partial charge in [0.2, 0.25) is 0 Å². The van der Waals surface area contributed by atoms with Crippen LogP contribution in [-0.2, 0) is 4.79 Å². The first-order chi connectivity index (χ1) is 8.88. The minimum Gasteiger partial charge on any atom is -0.494 e. The van der Waals surface area contributed by atoms with Crippen molar-refractivity contribution in [2.24, 2.45) is 0 Å². The molecule has 1 N–H and O–H groups in total. The number of ether oxygens (including phenoxy) is 2. The quantitative estimate of drug-likeness (QED) is 0.900. The lowest BCUT2D eigenvalue weighted by molar-refractivity contribution is -0.167. The molecule has 1 amide bonds. The third-order valence-electron chi connectivity index (χ3n) is 2.07.